The molecule has 0 spiro atoms. The molecule has 0 saturated carbocycles. The van der Waals surface area contributed by atoms with Crippen molar-refractivity contribution >= 4 is 22.4 Å². The molecule has 4 aromatic rings. The lowest BCUT2D eigenvalue weighted by atomic mass is 10.1. The van der Waals surface area contributed by atoms with Gasteiger partial charge in [0, 0.05) is 6.42 Å². The zero-order chi connectivity index (χ0) is 21.1. The fourth-order valence-corrected chi connectivity index (χ4v) is 3.89. The molecule has 0 saturated heterocycles. The van der Waals surface area contributed by atoms with E-state index in [0.29, 0.717) is 22.5 Å². The highest BCUT2D eigenvalue weighted by molar-refractivity contribution is 7.15. The van der Waals surface area contributed by atoms with E-state index >= 15 is 0 Å². The van der Waals surface area contributed by atoms with E-state index in [2.05, 4.69) is 17.0 Å². The zero-order valence-electron chi connectivity index (χ0n) is 16.8. The van der Waals surface area contributed by atoms with Crippen molar-refractivity contribution in [1.82, 2.24) is 14.6 Å². The molecular formula is C23H21N3O3S. The number of nitrogens with zero attached hydrogens (tertiary/aromatic N) is 3. The highest BCUT2D eigenvalue weighted by atomic mass is 32.1. The van der Waals surface area contributed by atoms with Crippen molar-refractivity contribution in [2.24, 2.45) is 0 Å². The Labute approximate surface area is 177 Å². The second kappa shape index (κ2) is 8.59. The third-order valence-corrected chi connectivity index (χ3v) is 5.55. The maximum atomic E-state index is 12.8. The zero-order valence-corrected chi connectivity index (χ0v) is 17.6. The average Bonchev–Trinajstić information content (AvgIpc) is 3.04. The minimum absolute atomic E-state index is 0.242. The van der Waals surface area contributed by atoms with Crippen molar-refractivity contribution in [3.63, 3.8) is 0 Å². The highest BCUT2D eigenvalue weighted by Gasteiger charge is 2.12. The van der Waals surface area contributed by atoms with E-state index in [1.165, 1.54) is 15.9 Å². The lowest BCUT2D eigenvalue weighted by Crippen LogP contribution is -2.28. The molecule has 2 aromatic heterocycles. The van der Waals surface area contributed by atoms with Crippen LogP contribution in [0.4, 0.5) is 0 Å². The molecular weight excluding hydrogens is 398 g/mol. The predicted octanol–water partition coefficient (Wildman–Crippen LogP) is 2.75. The fourth-order valence-electron chi connectivity index (χ4n) is 2.98. The summed E-state index contributed by atoms with van der Waals surface area (Å²) in [5.41, 5.74) is 2.52. The van der Waals surface area contributed by atoms with E-state index in [1.807, 2.05) is 55.5 Å². The summed E-state index contributed by atoms with van der Waals surface area (Å²) in [5, 5.41) is 4.31. The van der Waals surface area contributed by atoms with Gasteiger partial charge in [-0.05, 0) is 42.7 Å². The summed E-state index contributed by atoms with van der Waals surface area (Å²) >= 11 is 1.17. The molecule has 0 unspecified atom stereocenters. The number of ether oxygens (including phenoxy) is 1. The molecule has 6 nitrogen and oxygen atoms in total. The Kier molecular flexibility index (Phi) is 5.72. The SMILES string of the molecule is CCCOc1ccc(Cc2nn3c(=O)/c(=C\c4ccc(C)cc4)sc3nc2=O)cc1. The number of aromatic nitrogens is 3. The second-order valence-electron chi connectivity index (χ2n) is 7.05. The molecule has 4 rings (SSSR count). The van der Waals surface area contributed by atoms with Crippen molar-refractivity contribution < 1.29 is 4.74 Å². The molecule has 0 bridgehead atoms. The van der Waals surface area contributed by atoms with Crippen molar-refractivity contribution in [2.75, 3.05) is 6.61 Å². The Morgan fingerprint density at radius 2 is 1.80 bits per heavy atom. The first-order valence-electron chi connectivity index (χ1n) is 9.76. The van der Waals surface area contributed by atoms with Gasteiger partial charge < -0.3 is 4.74 Å². The summed E-state index contributed by atoms with van der Waals surface area (Å²) < 4.78 is 7.29. The minimum atomic E-state index is -0.413. The first-order chi connectivity index (χ1) is 14.5. The van der Waals surface area contributed by atoms with E-state index in [1.54, 1.807) is 6.08 Å². The Morgan fingerprint density at radius 3 is 2.50 bits per heavy atom. The molecule has 2 aromatic carbocycles. The molecule has 0 atom stereocenters. The van der Waals surface area contributed by atoms with E-state index in [0.717, 1.165) is 28.9 Å². The lowest BCUT2D eigenvalue weighted by Gasteiger charge is -2.05. The van der Waals surface area contributed by atoms with Crippen LogP contribution < -0.4 is 20.4 Å². The summed E-state index contributed by atoms with van der Waals surface area (Å²) in [6.07, 6.45) is 3.03. The summed E-state index contributed by atoms with van der Waals surface area (Å²) in [6.45, 7) is 4.72. The van der Waals surface area contributed by atoms with E-state index in [9.17, 15) is 9.59 Å². The van der Waals surface area contributed by atoms with Gasteiger partial charge in [-0.3, -0.25) is 9.59 Å². The maximum absolute atomic E-state index is 12.8. The highest BCUT2D eigenvalue weighted by Crippen LogP contribution is 2.14. The van der Waals surface area contributed by atoms with Crippen molar-refractivity contribution in [1.29, 1.82) is 0 Å². The van der Waals surface area contributed by atoms with Gasteiger partial charge in [0.05, 0.1) is 11.1 Å². The molecule has 0 aliphatic rings. The molecule has 0 amide bonds. The summed E-state index contributed by atoms with van der Waals surface area (Å²) in [7, 11) is 0. The van der Waals surface area contributed by atoms with Gasteiger partial charge in [0.1, 0.15) is 11.4 Å². The number of hydrogen-bond donors (Lipinski definition) is 0. The van der Waals surface area contributed by atoms with Gasteiger partial charge in [-0.2, -0.15) is 14.6 Å². The molecule has 0 aliphatic carbocycles. The first kappa shape index (κ1) is 20.0. The van der Waals surface area contributed by atoms with Gasteiger partial charge in [-0.1, -0.05) is 60.2 Å². The van der Waals surface area contributed by atoms with Crippen LogP contribution in [0.15, 0.2) is 58.1 Å². The molecule has 0 radical (unpaired) electrons. The van der Waals surface area contributed by atoms with E-state index in [-0.39, 0.29) is 11.3 Å². The second-order valence-corrected chi connectivity index (χ2v) is 8.06. The number of hydrogen-bond acceptors (Lipinski definition) is 6. The van der Waals surface area contributed by atoms with Crippen molar-refractivity contribution in [2.45, 2.75) is 26.7 Å². The minimum Gasteiger partial charge on any atom is -0.494 e. The monoisotopic (exact) mass is 419 g/mol. The number of thiazole rings is 1. The van der Waals surface area contributed by atoms with Gasteiger partial charge in [0.15, 0.2) is 0 Å². The Balaban J connectivity index is 1.66. The van der Waals surface area contributed by atoms with Crippen LogP contribution in [0.3, 0.4) is 0 Å². The van der Waals surface area contributed by atoms with E-state index in [4.69, 9.17) is 4.74 Å². The molecule has 7 heteroatoms. The lowest BCUT2D eigenvalue weighted by molar-refractivity contribution is 0.317. The Bertz CT molecular complexity index is 1340. The third-order valence-electron chi connectivity index (χ3n) is 4.59. The smallest absolute Gasteiger partial charge is 0.296 e. The van der Waals surface area contributed by atoms with Crippen LogP contribution in [-0.2, 0) is 6.42 Å². The number of rotatable bonds is 6. The summed E-state index contributed by atoms with van der Waals surface area (Å²) in [5.74, 6) is 0.787. The van der Waals surface area contributed by atoms with Crippen LogP contribution in [-0.4, -0.2) is 21.2 Å². The molecule has 2 heterocycles. The van der Waals surface area contributed by atoms with Gasteiger partial charge in [-0.25, -0.2) is 0 Å². The van der Waals surface area contributed by atoms with Crippen molar-refractivity contribution in [3.8, 4) is 5.75 Å². The molecule has 0 N–H and O–H groups in total. The largest absolute Gasteiger partial charge is 0.494 e. The van der Waals surface area contributed by atoms with Gasteiger partial charge in [0.2, 0.25) is 4.96 Å². The topological polar surface area (TPSA) is 73.6 Å². The first-order valence-corrected chi connectivity index (χ1v) is 10.6. The van der Waals surface area contributed by atoms with Gasteiger partial charge in [0.25, 0.3) is 11.1 Å². The van der Waals surface area contributed by atoms with Crippen LogP contribution in [0.5, 0.6) is 5.75 Å². The third kappa shape index (κ3) is 4.31. The number of aryl methyl sites for hydroxylation is 1. The molecule has 0 fully saturated rings. The average molecular weight is 420 g/mol. The molecule has 30 heavy (non-hydrogen) atoms. The van der Waals surface area contributed by atoms with Crippen LogP contribution in [0.1, 0.15) is 35.7 Å². The van der Waals surface area contributed by atoms with Gasteiger partial charge >= 0.3 is 0 Å². The number of fused-ring (bicyclic) bond motifs is 1. The summed E-state index contributed by atoms with van der Waals surface area (Å²) in [6, 6.07) is 15.4. The number of benzene rings is 2. The molecule has 0 aliphatic heterocycles. The van der Waals surface area contributed by atoms with E-state index < -0.39 is 5.56 Å². The standard InChI is InChI=1S/C23H21N3O3S/c1-3-12-29-18-10-8-16(9-11-18)13-19-21(27)24-23-26(25-19)22(28)20(30-23)14-17-6-4-15(2)5-7-17/h4-11,14H,3,12-13H2,1-2H3/b20-14+. The van der Waals surface area contributed by atoms with Crippen molar-refractivity contribution in [3.05, 3.63) is 96.2 Å². The Morgan fingerprint density at radius 1 is 1.07 bits per heavy atom. The fraction of sp³-hybridized carbons (Fsp3) is 0.217. The van der Waals surface area contributed by atoms with Crippen LogP contribution >= 0.6 is 11.3 Å². The predicted molar refractivity (Wildman–Crippen MR) is 118 cm³/mol. The quantitative estimate of drug-likeness (QED) is 0.481. The summed E-state index contributed by atoms with van der Waals surface area (Å²) in [4.78, 5) is 29.6. The molecule has 152 valence electrons. The normalized spacial score (nSPS) is 11.9. The van der Waals surface area contributed by atoms with Crippen LogP contribution in [0, 0.1) is 6.92 Å². The van der Waals surface area contributed by atoms with Crippen LogP contribution in [0.2, 0.25) is 0 Å². The maximum Gasteiger partial charge on any atom is 0.296 e. The van der Waals surface area contributed by atoms with Gasteiger partial charge in [-0.15, -0.1) is 0 Å². The Hall–Kier alpha value is -3.32. The van der Waals surface area contributed by atoms with Crippen LogP contribution in [0.25, 0.3) is 11.0 Å².